The van der Waals surface area contributed by atoms with Crippen LogP contribution in [-0.2, 0) is 4.74 Å². The lowest BCUT2D eigenvalue weighted by Crippen LogP contribution is -1.93. The van der Waals surface area contributed by atoms with Crippen LogP contribution in [0, 0.1) is 0 Å². The van der Waals surface area contributed by atoms with E-state index < -0.39 is 0 Å². The molecule has 0 spiro atoms. The molecule has 0 amide bonds. The van der Waals surface area contributed by atoms with E-state index in [1.54, 1.807) is 18.2 Å². The number of benzene rings is 1. The Labute approximate surface area is 75.1 Å². The van der Waals surface area contributed by atoms with Crippen molar-refractivity contribution in [1.29, 1.82) is 0 Å². The zero-order chi connectivity index (χ0) is 8.72. The van der Waals surface area contributed by atoms with Crippen LogP contribution < -0.4 is 0 Å². The fraction of sp³-hybridized carbons (Fsp3) is 0.222. The third-order valence-corrected chi connectivity index (χ3v) is 2.19. The van der Waals surface area contributed by atoms with E-state index in [1.807, 2.05) is 6.92 Å². The molecule has 2 nitrogen and oxygen atoms in total. The molecule has 0 aliphatic carbocycles. The van der Waals surface area contributed by atoms with Crippen LogP contribution in [0.4, 0.5) is 0 Å². The van der Waals surface area contributed by atoms with Crippen molar-refractivity contribution in [2.75, 3.05) is 0 Å². The van der Waals surface area contributed by atoms with Crippen LogP contribution in [0.15, 0.2) is 18.2 Å². The first-order valence-corrected chi connectivity index (χ1v) is 4.06. The fourth-order valence-electron chi connectivity index (χ4n) is 1.34. The van der Waals surface area contributed by atoms with Gasteiger partial charge >= 0.3 is 5.97 Å². The van der Waals surface area contributed by atoms with Crippen molar-refractivity contribution >= 4 is 17.6 Å². The third-order valence-electron chi connectivity index (χ3n) is 1.96. The SMILES string of the molecule is C[C@@H]1OC(=O)c2ccc(Cl)cc21. The van der Waals surface area contributed by atoms with Crippen LogP contribution in [0.1, 0.15) is 28.9 Å². The topological polar surface area (TPSA) is 26.3 Å². The molecule has 0 fully saturated rings. The quantitative estimate of drug-likeness (QED) is 0.577. The maximum Gasteiger partial charge on any atom is 0.339 e. The summed E-state index contributed by atoms with van der Waals surface area (Å²) in [6, 6.07) is 5.16. The molecule has 0 aromatic heterocycles. The van der Waals surface area contributed by atoms with Gasteiger partial charge in [0.05, 0.1) is 5.56 Å². The first-order valence-electron chi connectivity index (χ1n) is 3.69. The first kappa shape index (κ1) is 7.62. The van der Waals surface area contributed by atoms with Crippen LogP contribution >= 0.6 is 11.6 Å². The molecular weight excluding hydrogens is 176 g/mol. The molecule has 0 unspecified atom stereocenters. The number of hydrogen-bond acceptors (Lipinski definition) is 2. The van der Waals surface area contributed by atoms with E-state index >= 15 is 0 Å². The summed E-state index contributed by atoms with van der Waals surface area (Å²) >= 11 is 5.77. The largest absolute Gasteiger partial charge is 0.454 e. The van der Waals surface area contributed by atoms with E-state index in [0.717, 1.165) is 5.56 Å². The van der Waals surface area contributed by atoms with Gasteiger partial charge in [0, 0.05) is 10.6 Å². The molecule has 3 heteroatoms. The molecule has 0 N–H and O–H groups in total. The Hall–Kier alpha value is -1.02. The van der Waals surface area contributed by atoms with Crippen LogP contribution in [0.3, 0.4) is 0 Å². The zero-order valence-corrected chi connectivity index (χ0v) is 7.26. The molecule has 1 aromatic rings. The van der Waals surface area contributed by atoms with Gasteiger partial charge in [-0.1, -0.05) is 11.6 Å². The Morgan fingerprint density at radius 3 is 3.00 bits per heavy atom. The summed E-state index contributed by atoms with van der Waals surface area (Å²) in [5.74, 6) is -0.255. The maximum atomic E-state index is 11.1. The predicted molar refractivity (Wildman–Crippen MR) is 45.3 cm³/mol. The summed E-state index contributed by atoms with van der Waals surface area (Å²) in [7, 11) is 0. The smallest absolute Gasteiger partial charge is 0.339 e. The number of cyclic esters (lactones) is 1. The van der Waals surface area contributed by atoms with Gasteiger partial charge in [-0.2, -0.15) is 0 Å². The van der Waals surface area contributed by atoms with Crippen molar-refractivity contribution in [3.63, 3.8) is 0 Å². The minimum Gasteiger partial charge on any atom is -0.454 e. The number of carbonyl (C=O) groups is 1. The van der Waals surface area contributed by atoms with E-state index in [1.165, 1.54) is 0 Å². The lowest BCUT2D eigenvalue weighted by molar-refractivity contribution is 0.0422. The molecule has 0 bridgehead atoms. The highest BCUT2D eigenvalue weighted by atomic mass is 35.5. The molecule has 0 saturated heterocycles. The molecule has 1 aliphatic rings. The molecule has 12 heavy (non-hydrogen) atoms. The molecular formula is C9H7ClO2. The molecule has 0 saturated carbocycles. The van der Waals surface area contributed by atoms with E-state index in [-0.39, 0.29) is 12.1 Å². The lowest BCUT2D eigenvalue weighted by Gasteiger charge is -2.01. The Morgan fingerprint density at radius 1 is 1.50 bits per heavy atom. The third kappa shape index (κ3) is 0.994. The highest BCUT2D eigenvalue weighted by molar-refractivity contribution is 6.30. The van der Waals surface area contributed by atoms with Crippen molar-refractivity contribution in [2.45, 2.75) is 13.0 Å². The van der Waals surface area contributed by atoms with Gasteiger partial charge in [-0.25, -0.2) is 4.79 Å². The zero-order valence-electron chi connectivity index (χ0n) is 6.50. The van der Waals surface area contributed by atoms with Crippen LogP contribution in [-0.4, -0.2) is 5.97 Å². The average molecular weight is 183 g/mol. The number of halogens is 1. The van der Waals surface area contributed by atoms with Crippen molar-refractivity contribution in [3.05, 3.63) is 34.3 Å². The van der Waals surface area contributed by atoms with E-state index in [9.17, 15) is 4.79 Å². The van der Waals surface area contributed by atoms with Crippen molar-refractivity contribution in [3.8, 4) is 0 Å². The molecule has 2 rings (SSSR count). The van der Waals surface area contributed by atoms with Gasteiger partial charge in [0.25, 0.3) is 0 Å². The summed E-state index contributed by atoms with van der Waals surface area (Å²) in [6.45, 7) is 1.83. The minimum atomic E-state index is -0.255. The maximum absolute atomic E-state index is 11.1. The number of rotatable bonds is 0. The van der Waals surface area contributed by atoms with Crippen LogP contribution in [0.2, 0.25) is 5.02 Å². The van der Waals surface area contributed by atoms with Crippen molar-refractivity contribution in [2.24, 2.45) is 0 Å². The number of ether oxygens (including phenoxy) is 1. The second-order valence-corrected chi connectivity index (χ2v) is 3.22. The standard InChI is InChI=1S/C9H7ClO2/c1-5-8-4-6(10)2-3-7(8)9(11)12-5/h2-5H,1H3/t5-/m0/s1. The van der Waals surface area contributed by atoms with E-state index in [0.29, 0.717) is 10.6 Å². The summed E-state index contributed by atoms with van der Waals surface area (Å²) in [5, 5.41) is 0.638. The summed E-state index contributed by atoms with van der Waals surface area (Å²) in [5.41, 5.74) is 1.51. The number of hydrogen-bond donors (Lipinski definition) is 0. The fourth-order valence-corrected chi connectivity index (χ4v) is 1.52. The van der Waals surface area contributed by atoms with E-state index in [4.69, 9.17) is 16.3 Å². The summed E-state index contributed by atoms with van der Waals surface area (Å²) in [4.78, 5) is 11.1. The normalized spacial score (nSPS) is 20.5. The van der Waals surface area contributed by atoms with Gasteiger partial charge in [-0.15, -0.1) is 0 Å². The second kappa shape index (κ2) is 2.49. The van der Waals surface area contributed by atoms with Gasteiger partial charge in [-0.3, -0.25) is 0 Å². The Bertz CT molecular complexity index is 346. The molecule has 62 valence electrons. The van der Waals surface area contributed by atoms with E-state index in [2.05, 4.69) is 0 Å². The number of esters is 1. The van der Waals surface area contributed by atoms with Gasteiger partial charge in [0.2, 0.25) is 0 Å². The summed E-state index contributed by atoms with van der Waals surface area (Å²) in [6.07, 6.45) is -0.161. The van der Waals surface area contributed by atoms with Gasteiger partial charge in [0.15, 0.2) is 0 Å². The monoisotopic (exact) mass is 182 g/mol. The Balaban J connectivity index is 2.60. The van der Waals surface area contributed by atoms with Gasteiger partial charge in [-0.05, 0) is 25.1 Å². The molecule has 0 radical (unpaired) electrons. The first-order chi connectivity index (χ1) is 5.68. The van der Waals surface area contributed by atoms with Gasteiger partial charge in [0.1, 0.15) is 6.10 Å². The Kier molecular flexibility index (Phi) is 1.58. The highest BCUT2D eigenvalue weighted by Crippen LogP contribution is 2.31. The molecule has 1 aromatic carbocycles. The minimum absolute atomic E-state index is 0.161. The second-order valence-electron chi connectivity index (χ2n) is 2.78. The Morgan fingerprint density at radius 2 is 2.25 bits per heavy atom. The average Bonchev–Trinajstić information content (AvgIpc) is 2.28. The van der Waals surface area contributed by atoms with Gasteiger partial charge < -0.3 is 4.74 Å². The predicted octanol–water partition coefficient (Wildman–Crippen LogP) is 2.57. The molecule has 1 aliphatic heterocycles. The number of fused-ring (bicyclic) bond motifs is 1. The van der Waals surface area contributed by atoms with Crippen LogP contribution in [0.5, 0.6) is 0 Å². The van der Waals surface area contributed by atoms with Crippen molar-refractivity contribution < 1.29 is 9.53 Å². The van der Waals surface area contributed by atoms with Crippen LogP contribution in [0.25, 0.3) is 0 Å². The van der Waals surface area contributed by atoms with Crippen molar-refractivity contribution in [1.82, 2.24) is 0 Å². The summed E-state index contributed by atoms with van der Waals surface area (Å²) < 4.78 is 4.99. The highest BCUT2D eigenvalue weighted by Gasteiger charge is 2.27. The lowest BCUT2D eigenvalue weighted by atomic mass is 10.1. The number of carbonyl (C=O) groups excluding carboxylic acids is 1. The molecule has 1 atom stereocenters. The molecule has 1 heterocycles.